The first-order valence-corrected chi connectivity index (χ1v) is 7.92. The minimum atomic E-state index is 0.601. The van der Waals surface area contributed by atoms with Crippen molar-refractivity contribution in [3.05, 3.63) is 21.7 Å². The van der Waals surface area contributed by atoms with Gasteiger partial charge in [0.1, 0.15) is 13.2 Å². The Bertz CT molecular complexity index is 470. The van der Waals surface area contributed by atoms with Gasteiger partial charge >= 0.3 is 0 Å². The molecule has 0 saturated carbocycles. The molecule has 0 bridgehead atoms. The molecule has 19 heavy (non-hydrogen) atoms. The van der Waals surface area contributed by atoms with Gasteiger partial charge < -0.3 is 14.8 Å². The molecule has 1 N–H and O–H groups in total. The number of halogens is 1. The quantitative estimate of drug-likeness (QED) is 0.926. The normalized spacial score (nSPS) is 21.7. The van der Waals surface area contributed by atoms with Gasteiger partial charge in [0.15, 0.2) is 11.5 Å². The molecule has 2 aliphatic heterocycles. The average molecular weight is 326 g/mol. The van der Waals surface area contributed by atoms with E-state index >= 15 is 0 Å². The lowest BCUT2D eigenvalue weighted by Crippen LogP contribution is -2.25. The molecular formula is C15H20BrNO2. The van der Waals surface area contributed by atoms with Gasteiger partial charge in [0, 0.05) is 16.1 Å². The van der Waals surface area contributed by atoms with Gasteiger partial charge in [0.2, 0.25) is 0 Å². The zero-order chi connectivity index (χ0) is 13.2. The molecule has 3 rings (SSSR count). The zero-order valence-corrected chi connectivity index (χ0v) is 12.9. The summed E-state index contributed by atoms with van der Waals surface area (Å²) in [7, 11) is 0. The molecule has 0 amide bonds. The van der Waals surface area contributed by atoms with Crippen LogP contribution in [0.1, 0.15) is 30.9 Å². The number of fused-ring (bicyclic) bond motifs is 1. The van der Waals surface area contributed by atoms with Crippen LogP contribution < -0.4 is 14.8 Å². The monoisotopic (exact) mass is 325 g/mol. The van der Waals surface area contributed by atoms with Crippen LogP contribution in [0, 0.1) is 0 Å². The smallest absolute Gasteiger partial charge is 0.164 e. The summed E-state index contributed by atoms with van der Waals surface area (Å²) >= 11 is 3.71. The number of benzene rings is 1. The van der Waals surface area contributed by atoms with Gasteiger partial charge in [-0.3, -0.25) is 0 Å². The second-order valence-corrected chi connectivity index (χ2v) is 6.04. The summed E-state index contributed by atoms with van der Waals surface area (Å²) in [6.45, 7) is 4.63. The molecule has 4 heteroatoms. The van der Waals surface area contributed by atoms with Crippen LogP contribution in [0.25, 0.3) is 0 Å². The first kappa shape index (κ1) is 13.3. The number of rotatable bonds is 3. The van der Waals surface area contributed by atoms with E-state index in [1.165, 1.54) is 24.0 Å². The second kappa shape index (κ2) is 5.71. The number of hydrogen-bond donors (Lipinski definition) is 1. The third kappa shape index (κ3) is 2.61. The Hall–Kier alpha value is -0.740. The van der Waals surface area contributed by atoms with E-state index < -0.39 is 0 Å². The largest absolute Gasteiger partial charge is 0.486 e. The standard InChI is InChI=1S/C15H20BrNO2/c1-2-11-12(8-10-4-3-5-17-10)13(16)9-14-15(11)19-7-6-18-14/h9-10,17H,2-8H2,1H3. The highest BCUT2D eigenvalue weighted by Crippen LogP contribution is 2.41. The van der Waals surface area contributed by atoms with Crippen LogP contribution >= 0.6 is 15.9 Å². The van der Waals surface area contributed by atoms with Gasteiger partial charge in [-0.1, -0.05) is 22.9 Å². The fourth-order valence-electron chi connectivity index (χ4n) is 3.03. The van der Waals surface area contributed by atoms with Crippen LogP contribution in [0.15, 0.2) is 10.5 Å². The lowest BCUT2D eigenvalue weighted by atomic mass is 9.96. The van der Waals surface area contributed by atoms with Crippen molar-refractivity contribution >= 4 is 15.9 Å². The van der Waals surface area contributed by atoms with Crippen LogP contribution in [-0.2, 0) is 12.8 Å². The van der Waals surface area contributed by atoms with E-state index in [1.54, 1.807) is 0 Å². The van der Waals surface area contributed by atoms with E-state index in [-0.39, 0.29) is 0 Å². The average Bonchev–Trinajstić information content (AvgIpc) is 2.92. The predicted octanol–water partition coefficient (Wildman–Crippen LogP) is 3.08. The Morgan fingerprint density at radius 2 is 2.16 bits per heavy atom. The SMILES string of the molecule is CCc1c(CC2CCCN2)c(Br)cc2c1OCCO2. The third-order valence-electron chi connectivity index (χ3n) is 3.96. The van der Waals surface area contributed by atoms with Crippen LogP contribution in [0.2, 0.25) is 0 Å². The van der Waals surface area contributed by atoms with E-state index in [1.807, 2.05) is 0 Å². The Morgan fingerprint density at radius 3 is 2.89 bits per heavy atom. The zero-order valence-electron chi connectivity index (χ0n) is 11.3. The van der Waals surface area contributed by atoms with Crippen LogP contribution in [-0.4, -0.2) is 25.8 Å². The summed E-state index contributed by atoms with van der Waals surface area (Å²) in [6.07, 6.45) is 4.60. The van der Waals surface area contributed by atoms with Gasteiger partial charge in [-0.2, -0.15) is 0 Å². The molecule has 104 valence electrons. The molecule has 2 heterocycles. The molecule has 1 atom stereocenters. The first-order valence-electron chi connectivity index (χ1n) is 7.12. The summed E-state index contributed by atoms with van der Waals surface area (Å²) in [5.74, 6) is 1.85. The Balaban J connectivity index is 1.97. The molecule has 0 spiro atoms. The fourth-order valence-corrected chi connectivity index (χ4v) is 3.64. The Morgan fingerprint density at radius 1 is 1.32 bits per heavy atom. The van der Waals surface area contributed by atoms with E-state index in [0.29, 0.717) is 19.3 Å². The maximum Gasteiger partial charge on any atom is 0.164 e. The fraction of sp³-hybridized carbons (Fsp3) is 0.600. The van der Waals surface area contributed by atoms with Crippen molar-refractivity contribution in [3.8, 4) is 11.5 Å². The van der Waals surface area contributed by atoms with Crippen molar-refractivity contribution in [2.45, 2.75) is 38.6 Å². The van der Waals surface area contributed by atoms with Crippen molar-refractivity contribution in [1.29, 1.82) is 0 Å². The van der Waals surface area contributed by atoms with Crippen molar-refractivity contribution in [2.24, 2.45) is 0 Å². The topological polar surface area (TPSA) is 30.5 Å². The third-order valence-corrected chi connectivity index (χ3v) is 4.67. The van der Waals surface area contributed by atoms with E-state index in [9.17, 15) is 0 Å². The molecular weight excluding hydrogens is 306 g/mol. The molecule has 1 unspecified atom stereocenters. The molecule has 1 saturated heterocycles. The van der Waals surface area contributed by atoms with Gasteiger partial charge in [-0.25, -0.2) is 0 Å². The van der Waals surface area contributed by atoms with Crippen LogP contribution in [0.4, 0.5) is 0 Å². The maximum atomic E-state index is 5.84. The highest BCUT2D eigenvalue weighted by molar-refractivity contribution is 9.10. The molecule has 1 fully saturated rings. The number of nitrogens with one attached hydrogen (secondary N) is 1. The van der Waals surface area contributed by atoms with Gasteiger partial charge in [0.25, 0.3) is 0 Å². The van der Waals surface area contributed by atoms with Crippen molar-refractivity contribution in [2.75, 3.05) is 19.8 Å². The summed E-state index contributed by atoms with van der Waals surface area (Å²) < 4.78 is 12.7. The summed E-state index contributed by atoms with van der Waals surface area (Å²) in [4.78, 5) is 0. The highest BCUT2D eigenvalue weighted by atomic mass is 79.9. The number of hydrogen-bond acceptors (Lipinski definition) is 3. The van der Waals surface area contributed by atoms with E-state index in [4.69, 9.17) is 9.47 Å². The minimum absolute atomic E-state index is 0.601. The minimum Gasteiger partial charge on any atom is -0.486 e. The van der Waals surface area contributed by atoms with Crippen molar-refractivity contribution in [3.63, 3.8) is 0 Å². The maximum absolute atomic E-state index is 5.84. The van der Waals surface area contributed by atoms with E-state index in [2.05, 4.69) is 34.2 Å². The van der Waals surface area contributed by atoms with Gasteiger partial charge in [0.05, 0.1) is 0 Å². The summed E-state index contributed by atoms with van der Waals surface area (Å²) in [5.41, 5.74) is 2.68. The molecule has 2 aliphatic rings. The molecule has 0 radical (unpaired) electrons. The Labute approximate surface area is 122 Å². The predicted molar refractivity (Wildman–Crippen MR) is 79.2 cm³/mol. The molecule has 0 aromatic heterocycles. The summed E-state index contributed by atoms with van der Waals surface area (Å²) in [6, 6.07) is 2.67. The summed E-state index contributed by atoms with van der Waals surface area (Å²) in [5, 5.41) is 3.57. The second-order valence-electron chi connectivity index (χ2n) is 5.19. The molecule has 0 aliphatic carbocycles. The van der Waals surface area contributed by atoms with Crippen molar-refractivity contribution in [1.82, 2.24) is 5.32 Å². The Kier molecular flexibility index (Phi) is 3.99. The molecule has 1 aromatic carbocycles. The van der Waals surface area contributed by atoms with Crippen molar-refractivity contribution < 1.29 is 9.47 Å². The highest BCUT2D eigenvalue weighted by Gasteiger charge is 2.24. The molecule has 3 nitrogen and oxygen atoms in total. The molecule has 1 aromatic rings. The lowest BCUT2D eigenvalue weighted by molar-refractivity contribution is 0.169. The first-order chi connectivity index (χ1) is 9.29. The van der Waals surface area contributed by atoms with Crippen LogP contribution in [0.5, 0.6) is 11.5 Å². The van der Waals surface area contributed by atoms with Crippen LogP contribution in [0.3, 0.4) is 0 Å². The van der Waals surface area contributed by atoms with Gasteiger partial charge in [-0.05, 0) is 43.9 Å². The van der Waals surface area contributed by atoms with Gasteiger partial charge in [-0.15, -0.1) is 0 Å². The van der Waals surface area contributed by atoms with E-state index in [0.717, 1.165) is 35.4 Å². The number of ether oxygens (including phenoxy) is 2. The lowest BCUT2D eigenvalue weighted by Gasteiger charge is -2.25.